The first-order valence-electron chi connectivity index (χ1n) is 7.40. The van der Waals surface area contributed by atoms with Gasteiger partial charge in [-0.25, -0.2) is 0 Å². The molecule has 0 fully saturated rings. The lowest BCUT2D eigenvalue weighted by molar-refractivity contribution is 0.0981. The van der Waals surface area contributed by atoms with E-state index in [0.29, 0.717) is 10.7 Å². The average Bonchev–Trinajstić information content (AvgIpc) is 2.96. The Labute approximate surface area is 133 Å². The van der Waals surface area contributed by atoms with Gasteiger partial charge in [-0.05, 0) is 48.7 Å². The summed E-state index contributed by atoms with van der Waals surface area (Å²) in [5.74, 6) is 0.0134. The summed E-state index contributed by atoms with van der Waals surface area (Å²) in [6.45, 7) is 0.756. The number of amides is 1. The number of nitrogens with zero attached hydrogens (tertiary/aromatic N) is 1. The third-order valence-electron chi connectivity index (χ3n) is 4.17. The molecule has 3 nitrogen and oxygen atoms in total. The highest BCUT2D eigenvalue weighted by Gasteiger charge is 2.24. The number of hydrogen-bond donors (Lipinski definition) is 1. The third-order valence-corrected chi connectivity index (χ3v) is 4.40. The molecule has 1 amide bonds. The van der Waals surface area contributed by atoms with Crippen molar-refractivity contribution in [1.29, 1.82) is 0 Å². The molecule has 0 spiro atoms. The predicted octanol–water partition coefficient (Wildman–Crippen LogP) is 4.41. The van der Waals surface area contributed by atoms with E-state index in [1.807, 2.05) is 47.4 Å². The van der Waals surface area contributed by atoms with E-state index in [1.54, 1.807) is 0 Å². The van der Waals surface area contributed by atoms with Crippen LogP contribution in [0.25, 0.3) is 10.9 Å². The van der Waals surface area contributed by atoms with E-state index in [9.17, 15) is 4.79 Å². The summed E-state index contributed by atoms with van der Waals surface area (Å²) in [4.78, 5) is 17.9. The van der Waals surface area contributed by atoms with Crippen molar-refractivity contribution in [2.24, 2.45) is 0 Å². The second-order valence-electron chi connectivity index (χ2n) is 5.60. The van der Waals surface area contributed by atoms with E-state index in [2.05, 4.69) is 11.1 Å². The van der Waals surface area contributed by atoms with Crippen molar-refractivity contribution in [3.05, 3.63) is 64.8 Å². The Bertz CT molecular complexity index is 868. The summed E-state index contributed by atoms with van der Waals surface area (Å²) in [5.41, 5.74) is 3.80. The fourth-order valence-electron chi connectivity index (χ4n) is 3.11. The summed E-state index contributed by atoms with van der Waals surface area (Å²) >= 11 is 6.01. The fourth-order valence-corrected chi connectivity index (χ4v) is 3.29. The minimum Gasteiger partial charge on any atom is -0.351 e. The highest BCUT2D eigenvalue weighted by Crippen LogP contribution is 2.29. The van der Waals surface area contributed by atoms with Gasteiger partial charge in [0.05, 0.1) is 0 Å². The Kier molecular flexibility index (Phi) is 3.16. The Morgan fingerprint density at radius 3 is 2.91 bits per heavy atom. The van der Waals surface area contributed by atoms with Crippen molar-refractivity contribution in [3.63, 3.8) is 0 Å². The fraction of sp³-hybridized carbons (Fsp3) is 0.167. The van der Waals surface area contributed by atoms with Gasteiger partial charge in [0.1, 0.15) is 5.69 Å². The van der Waals surface area contributed by atoms with Gasteiger partial charge in [-0.3, -0.25) is 4.79 Å². The largest absolute Gasteiger partial charge is 0.351 e. The second-order valence-corrected chi connectivity index (χ2v) is 6.04. The number of fused-ring (bicyclic) bond motifs is 2. The third kappa shape index (κ3) is 2.18. The van der Waals surface area contributed by atoms with Crippen LogP contribution in [-0.2, 0) is 6.42 Å². The number of halogens is 1. The van der Waals surface area contributed by atoms with Crippen LogP contribution in [0, 0.1) is 0 Å². The lowest BCUT2D eigenvalue weighted by Crippen LogP contribution is -2.35. The predicted molar refractivity (Wildman–Crippen MR) is 89.7 cm³/mol. The zero-order valence-electron chi connectivity index (χ0n) is 12.0. The molecule has 3 aromatic rings. The molecule has 0 bridgehead atoms. The number of carbonyl (C=O) groups excluding carboxylic acids is 1. The molecule has 0 saturated carbocycles. The average molecular weight is 311 g/mol. The van der Waals surface area contributed by atoms with Crippen LogP contribution < -0.4 is 4.90 Å². The Hall–Kier alpha value is -2.26. The summed E-state index contributed by atoms with van der Waals surface area (Å²) < 4.78 is 0. The van der Waals surface area contributed by atoms with Gasteiger partial charge in [0.2, 0.25) is 0 Å². The zero-order chi connectivity index (χ0) is 15.1. The van der Waals surface area contributed by atoms with Crippen molar-refractivity contribution >= 4 is 34.1 Å². The molecular weight excluding hydrogens is 296 g/mol. The lowest BCUT2D eigenvalue weighted by atomic mass is 10.0. The smallest absolute Gasteiger partial charge is 0.274 e. The van der Waals surface area contributed by atoms with E-state index in [1.165, 1.54) is 5.56 Å². The standard InChI is InChI=1S/C18H15ClN2O/c19-14-7-8-15-13(10-14)11-16(20-15)18(22)21-9-3-5-12-4-1-2-6-17(12)21/h1-2,4,6-8,10-11,20H,3,5,9H2. The van der Waals surface area contributed by atoms with Crippen molar-refractivity contribution in [2.75, 3.05) is 11.4 Å². The van der Waals surface area contributed by atoms with Gasteiger partial charge in [-0.2, -0.15) is 0 Å². The number of carbonyl (C=O) groups is 1. The molecule has 110 valence electrons. The Balaban J connectivity index is 1.75. The Morgan fingerprint density at radius 1 is 1.14 bits per heavy atom. The van der Waals surface area contributed by atoms with Gasteiger partial charge in [-0.1, -0.05) is 29.8 Å². The highest BCUT2D eigenvalue weighted by atomic mass is 35.5. The number of anilines is 1. The monoisotopic (exact) mass is 310 g/mol. The number of H-pyrrole nitrogens is 1. The number of hydrogen-bond acceptors (Lipinski definition) is 1. The topological polar surface area (TPSA) is 36.1 Å². The van der Waals surface area contributed by atoms with Gasteiger partial charge in [0.15, 0.2) is 0 Å². The molecule has 1 N–H and O–H groups in total. The van der Waals surface area contributed by atoms with Crippen molar-refractivity contribution < 1.29 is 4.79 Å². The first-order valence-corrected chi connectivity index (χ1v) is 7.78. The summed E-state index contributed by atoms with van der Waals surface area (Å²) in [6, 6.07) is 15.6. The zero-order valence-corrected chi connectivity index (χ0v) is 12.7. The number of rotatable bonds is 1. The van der Waals surface area contributed by atoms with E-state index in [4.69, 9.17) is 11.6 Å². The lowest BCUT2D eigenvalue weighted by Gasteiger charge is -2.29. The van der Waals surface area contributed by atoms with Gasteiger partial charge >= 0.3 is 0 Å². The number of nitrogens with one attached hydrogen (secondary N) is 1. The van der Waals surface area contributed by atoms with Crippen molar-refractivity contribution in [3.8, 4) is 0 Å². The Morgan fingerprint density at radius 2 is 2.00 bits per heavy atom. The summed E-state index contributed by atoms with van der Waals surface area (Å²) in [7, 11) is 0. The molecule has 4 heteroatoms. The molecule has 1 aromatic heterocycles. The normalized spacial score (nSPS) is 14.1. The first kappa shape index (κ1) is 13.4. The second kappa shape index (κ2) is 5.18. The molecule has 22 heavy (non-hydrogen) atoms. The van der Waals surface area contributed by atoms with Crippen LogP contribution >= 0.6 is 11.6 Å². The van der Waals surface area contributed by atoms with E-state index in [-0.39, 0.29) is 5.91 Å². The van der Waals surface area contributed by atoms with Crippen LogP contribution in [0.15, 0.2) is 48.5 Å². The summed E-state index contributed by atoms with van der Waals surface area (Å²) in [6.07, 6.45) is 2.02. The maximum Gasteiger partial charge on any atom is 0.274 e. The highest BCUT2D eigenvalue weighted by molar-refractivity contribution is 6.31. The molecule has 0 aliphatic carbocycles. The number of aryl methyl sites for hydroxylation is 1. The van der Waals surface area contributed by atoms with Crippen molar-refractivity contribution in [1.82, 2.24) is 4.98 Å². The molecule has 0 unspecified atom stereocenters. The number of aromatic amines is 1. The molecule has 2 aromatic carbocycles. The van der Waals surface area contributed by atoms with Crippen LogP contribution in [-0.4, -0.2) is 17.4 Å². The molecule has 1 aliphatic rings. The molecular formula is C18H15ClN2O. The van der Waals surface area contributed by atoms with E-state index < -0.39 is 0 Å². The van der Waals surface area contributed by atoms with Gasteiger partial charge in [0.25, 0.3) is 5.91 Å². The molecule has 0 saturated heterocycles. The molecule has 4 rings (SSSR count). The number of benzene rings is 2. The van der Waals surface area contributed by atoms with Crippen LogP contribution in [0.1, 0.15) is 22.5 Å². The summed E-state index contributed by atoms with van der Waals surface area (Å²) in [5, 5.41) is 1.63. The quantitative estimate of drug-likeness (QED) is 0.710. The van der Waals surface area contributed by atoms with Crippen LogP contribution in [0.2, 0.25) is 5.02 Å². The maximum atomic E-state index is 12.9. The van der Waals surface area contributed by atoms with Gasteiger partial charge < -0.3 is 9.88 Å². The minimum absolute atomic E-state index is 0.0134. The van der Waals surface area contributed by atoms with E-state index >= 15 is 0 Å². The van der Waals surface area contributed by atoms with Gasteiger partial charge in [-0.15, -0.1) is 0 Å². The van der Waals surface area contributed by atoms with Crippen LogP contribution in [0.3, 0.4) is 0 Å². The maximum absolute atomic E-state index is 12.9. The molecule has 1 aliphatic heterocycles. The van der Waals surface area contributed by atoms with Crippen LogP contribution in [0.5, 0.6) is 0 Å². The molecule has 2 heterocycles. The first-order chi connectivity index (χ1) is 10.7. The number of aromatic nitrogens is 1. The van der Waals surface area contributed by atoms with Crippen LogP contribution in [0.4, 0.5) is 5.69 Å². The molecule has 0 atom stereocenters. The molecule has 0 radical (unpaired) electrons. The number of para-hydroxylation sites is 1. The van der Waals surface area contributed by atoms with Gasteiger partial charge in [0, 0.05) is 28.2 Å². The minimum atomic E-state index is 0.0134. The van der Waals surface area contributed by atoms with E-state index in [0.717, 1.165) is 36.0 Å². The SMILES string of the molecule is O=C(c1cc2cc(Cl)ccc2[nH]1)N1CCCc2ccccc21. The van der Waals surface area contributed by atoms with Crippen molar-refractivity contribution in [2.45, 2.75) is 12.8 Å².